The van der Waals surface area contributed by atoms with Crippen LogP contribution in [0.4, 0.5) is 8.78 Å². The van der Waals surface area contributed by atoms with E-state index in [1.54, 1.807) is 6.07 Å². The van der Waals surface area contributed by atoms with Crippen LogP contribution in [0.5, 0.6) is 0 Å². The van der Waals surface area contributed by atoms with Crippen LogP contribution < -0.4 is 0 Å². The van der Waals surface area contributed by atoms with E-state index in [0.29, 0.717) is 12.0 Å². The molecule has 1 nitrogen and oxygen atoms in total. The zero-order valence-electron chi connectivity index (χ0n) is 10.7. The summed E-state index contributed by atoms with van der Waals surface area (Å²) in [5.74, 6) is -1.77. The molecule has 0 bridgehead atoms. The number of hydrogen-bond acceptors (Lipinski definition) is 1. The highest BCUT2D eigenvalue weighted by molar-refractivity contribution is 5.21. The molecule has 0 aromatic heterocycles. The molecule has 0 saturated carbocycles. The zero-order chi connectivity index (χ0) is 13.8. The van der Waals surface area contributed by atoms with Gasteiger partial charge in [-0.05, 0) is 35.6 Å². The Morgan fingerprint density at radius 3 is 2.32 bits per heavy atom. The number of halogens is 2. The van der Waals surface area contributed by atoms with E-state index >= 15 is 0 Å². The van der Waals surface area contributed by atoms with Crippen LogP contribution in [-0.2, 0) is 6.42 Å². The van der Waals surface area contributed by atoms with Gasteiger partial charge >= 0.3 is 0 Å². The average molecular weight is 262 g/mol. The summed E-state index contributed by atoms with van der Waals surface area (Å²) in [6.45, 7) is 1.89. The van der Waals surface area contributed by atoms with Crippen molar-refractivity contribution in [2.75, 3.05) is 0 Å². The largest absolute Gasteiger partial charge is 0.388 e. The van der Waals surface area contributed by atoms with Crippen molar-refractivity contribution in [1.82, 2.24) is 0 Å². The fourth-order valence-electron chi connectivity index (χ4n) is 2.13. The van der Waals surface area contributed by atoms with Gasteiger partial charge in [0.2, 0.25) is 0 Å². The second-order valence-corrected chi connectivity index (χ2v) is 4.79. The minimum atomic E-state index is -0.848. The van der Waals surface area contributed by atoms with Gasteiger partial charge in [0.05, 0.1) is 6.10 Å². The van der Waals surface area contributed by atoms with Crippen LogP contribution in [0.1, 0.15) is 24.2 Å². The van der Waals surface area contributed by atoms with E-state index in [4.69, 9.17) is 0 Å². The summed E-state index contributed by atoms with van der Waals surface area (Å²) in [7, 11) is 0. The summed E-state index contributed by atoms with van der Waals surface area (Å²) in [6, 6.07) is 13.2. The van der Waals surface area contributed by atoms with Crippen LogP contribution in [0.2, 0.25) is 0 Å². The second-order valence-electron chi connectivity index (χ2n) is 4.79. The van der Waals surface area contributed by atoms with Crippen molar-refractivity contribution >= 4 is 0 Å². The molecule has 0 amide bonds. The van der Waals surface area contributed by atoms with Gasteiger partial charge in [-0.15, -0.1) is 0 Å². The summed E-state index contributed by atoms with van der Waals surface area (Å²) in [5, 5.41) is 10.2. The monoisotopic (exact) mass is 262 g/mol. The Balaban J connectivity index is 2.08. The Morgan fingerprint density at radius 1 is 1.00 bits per heavy atom. The van der Waals surface area contributed by atoms with Crippen molar-refractivity contribution in [2.45, 2.75) is 19.4 Å². The summed E-state index contributed by atoms with van der Waals surface area (Å²) in [6.07, 6.45) is -0.123. The van der Waals surface area contributed by atoms with Gasteiger partial charge < -0.3 is 5.11 Å². The molecule has 100 valence electrons. The SMILES string of the molecule is CC(Cc1ccc(F)c(F)c1)C(O)c1ccccc1. The lowest BCUT2D eigenvalue weighted by molar-refractivity contribution is 0.117. The van der Waals surface area contributed by atoms with Crippen molar-refractivity contribution in [3.63, 3.8) is 0 Å². The number of aliphatic hydroxyl groups excluding tert-OH is 1. The van der Waals surface area contributed by atoms with Crippen molar-refractivity contribution in [2.24, 2.45) is 5.92 Å². The van der Waals surface area contributed by atoms with Crippen molar-refractivity contribution in [3.8, 4) is 0 Å². The highest BCUT2D eigenvalue weighted by Gasteiger charge is 2.17. The molecule has 19 heavy (non-hydrogen) atoms. The summed E-state index contributed by atoms with van der Waals surface area (Å²) in [5.41, 5.74) is 1.51. The first kappa shape index (κ1) is 13.7. The minimum absolute atomic E-state index is 0.0766. The molecule has 3 heteroatoms. The molecule has 2 unspecified atom stereocenters. The van der Waals surface area contributed by atoms with Gasteiger partial charge in [0, 0.05) is 0 Å². The van der Waals surface area contributed by atoms with E-state index in [2.05, 4.69) is 0 Å². The van der Waals surface area contributed by atoms with E-state index < -0.39 is 17.7 Å². The lowest BCUT2D eigenvalue weighted by Crippen LogP contribution is -2.12. The normalized spacial score (nSPS) is 14.1. The van der Waals surface area contributed by atoms with E-state index in [0.717, 1.165) is 11.6 Å². The number of aliphatic hydroxyl groups is 1. The van der Waals surface area contributed by atoms with Crippen LogP contribution in [0.15, 0.2) is 48.5 Å². The zero-order valence-corrected chi connectivity index (χ0v) is 10.7. The first-order chi connectivity index (χ1) is 9.08. The summed E-state index contributed by atoms with van der Waals surface area (Å²) < 4.78 is 26.0. The average Bonchev–Trinajstić information content (AvgIpc) is 2.43. The maximum Gasteiger partial charge on any atom is 0.159 e. The van der Waals surface area contributed by atoms with Crippen LogP contribution in [0.25, 0.3) is 0 Å². The smallest absolute Gasteiger partial charge is 0.159 e. The number of rotatable bonds is 4. The minimum Gasteiger partial charge on any atom is -0.388 e. The number of benzene rings is 2. The highest BCUT2D eigenvalue weighted by Crippen LogP contribution is 2.25. The topological polar surface area (TPSA) is 20.2 Å². The molecule has 0 fully saturated rings. The molecule has 0 aliphatic rings. The highest BCUT2D eigenvalue weighted by atomic mass is 19.2. The van der Waals surface area contributed by atoms with Gasteiger partial charge in [0.1, 0.15) is 0 Å². The number of hydrogen-bond donors (Lipinski definition) is 1. The van der Waals surface area contributed by atoms with Gasteiger partial charge in [-0.3, -0.25) is 0 Å². The third-order valence-electron chi connectivity index (χ3n) is 3.22. The molecule has 0 radical (unpaired) electrons. The van der Waals surface area contributed by atoms with E-state index in [9.17, 15) is 13.9 Å². The second kappa shape index (κ2) is 5.93. The fourth-order valence-corrected chi connectivity index (χ4v) is 2.13. The van der Waals surface area contributed by atoms with Gasteiger partial charge in [0.15, 0.2) is 11.6 Å². The Bertz CT molecular complexity index is 540. The standard InChI is InChI=1S/C16H16F2O/c1-11(16(19)13-5-3-2-4-6-13)9-12-7-8-14(17)15(18)10-12/h2-8,10-11,16,19H,9H2,1H3. The maximum absolute atomic E-state index is 13.1. The van der Waals surface area contributed by atoms with Crippen LogP contribution in [0, 0.1) is 17.6 Å². The first-order valence-corrected chi connectivity index (χ1v) is 6.25. The van der Waals surface area contributed by atoms with Crippen molar-refractivity contribution in [1.29, 1.82) is 0 Å². The Labute approximate surface area is 111 Å². The molecule has 1 N–H and O–H groups in total. The first-order valence-electron chi connectivity index (χ1n) is 6.25. The van der Waals surface area contributed by atoms with E-state index in [-0.39, 0.29) is 5.92 Å². The van der Waals surface area contributed by atoms with Crippen molar-refractivity contribution in [3.05, 3.63) is 71.3 Å². The fraction of sp³-hybridized carbons (Fsp3) is 0.250. The van der Waals surface area contributed by atoms with Crippen molar-refractivity contribution < 1.29 is 13.9 Å². The molecule has 2 rings (SSSR count). The third kappa shape index (κ3) is 3.38. The molecule has 0 aliphatic carbocycles. The predicted molar refractivity (Wildman–Crippen MR) is 70.6 cm³/mol. The van der Waals surface area contributed by atoms with Gasteiger partial charge in [0.25, 0.3) is 0 Å². The van der Waals surface area contributed by atoms with Gasteiger partial charge in [-0.1, -0.05) is 43.3 Å². The maximum atomic E-state index is 13.1. The van der Waals surface area contributed by atoms with Crippen LogP contribution >= 0.6 is 0 Å². The summed E-state index contributed by atoms with van der Waals surface area (Å²) in [4.78, 5) is 0. The molecule has 2 aromatic carbocycles. The summed E-state index contributed by atoms with van der Waals surface area (Å²) >= 11 is 0. The molecular weight excluding hydrogens is 246 g/mol. The Morgan fingerprint density at radius 2 is 1.68 bits per heavy atom. The molecule has 0 heterocycles. The predicted octanol–water partition coefficient (Wildman–Crippen LogP) is 3.88. The molecule has 0 aliphatic heterocycles. The molecule has 2 atom stereocenters. The lowest BCUT2D eigenvalue weighted by Gasteiger charge is -2.19. The molecule has 0 spiro atoms. The quantitative estimate of drug-likeness (QED) is 0.886. The Kier molecular flexibility index (Phi) is 4.27. The molecule has 0 saturated heterocycles. The van der Waals surface area contributed by atoms with E-state index in [1.165, 1.54) is 6.07 Å². The Hall–Kier alpha value is -1.74. The molecular formula is C16H16F2O. The van der Waals surface area contributed by atoms with Gasteiger partial charge in [-0.25, -0.2) is 8.78 Å². The van der Waals surface area contributed by atoms with Crippen LogP contribution in [-0.4, -0.2) is 5.11 Å². The van der Waals surface area contributed by atoms with E-state index in [1.807, 2.05) is 37.3 Å². The third-order valence-corrected chi connectivity index (χ3v) is 3.22. The lowest BCUT2D eigenvalue weighted by atomic mass is 9.91. The van der Waals surface area contributed by atoms with Gasteiger partial charge in [-0.2, -0.15) is 0 Å². The molecule has 2 aromatic rings. The van der Waals surface area contributed by atoms with Crippen LogP contribution in [0.3, 0.4) is 0 Å².